The summed E-state index contributed by atoms with van der Waals surface area (Å²) in [4.78, 5) is 28.6. The molecule has 0 atom stereocenters. The van der Waals surface area contributed by atoms with E-state index in [4.69, 9.17) is 20.6 Å². The van der Waals surface area contributed by atoms with Gasteiger partial charge in [-0.3, -0.25) is 9.05 Å². The molecule has 1 aliphatic heterocycles. The fraction of sp³-hybridized carbons (Fsp3) is 0.417. The molecule has 4 rings (SSSR count). The number of aromatic nitrogens is 3. The van der Waals surface area contributed by atoms with Gasteiger partial charge in [-0.25, -0.2) is 24.2 Å². The first-order valence-corrected chi connectivity index (χ1v) is 14.9. The molecule has 1 aliphatic rings. The molecule has 1 fully saturated rings. The Kier molecular flexibility index (Phi) is 11.7. The molecule has 11 nitrogen and oxygen atoms in total. The molecule has 0 spiro atoms. The minimum atomic E-state index is -3.30. The van der Waals surface area contributed by atoms with E-state index in [1.807, 2.05) is 32.0 Å². The average molecular weight is 602 g/mol. The molecule has 0 aliphatic carbocycles. The fourth-order valence-corrected chi connectivity index (χ4v) is 6.63. The molecule has 0 unspecified atom stereocenters. The van der Waals surface area contributed by atoms with Crippen molar-refractivity contribution in [1.29, 1.82) is 0 Å². The van der Waals surface area contributed by atoms with Crippen LogP contribution in [0.4, 0.5) is 22.5 Å². The zero-order valence-corrected chi connectivity index (χ0v) is 27.1. The van der Waals surface area contributed by atoms with Gasteiger partial charge in [-0.2, -0.15) is 0 Å². The van der Waals surface area contributed by atoms with E-state index in [2.05, 4.69) is 30.5 Å². The molecule has 39 heavy (non-hydrogen) atoms. The number of hydrogen-bond acceptors (Lipinski definition) is 10. The number of para-hydroxylation sites is 1. The largest absolute Gasteiger partial charge is 1.00 e. The second-order valence-electron chi connectivity index (χ2n) is 8.38. The zero-order valence-electron chi connectivity index (χ0n) is 22.7. The van der Waals surface area contributed by atoms with Crippen molar-refractivity contribution in [2.24, 2.45) is 0 Å². The molecule has 0 radical (unpaired) electrons. The SMILES string of the molecule is CCOP(=O)(OCC)N1CCN(c2cc(Nc3ncc(C(=O)[N-]c4c(C)cccc4Cl)s3)nc(C)n2)CC1.[Na+]. The van der Waals surface area contributed by atoms with Gasteiger partial charge in [-0.05, 0) is 33.8 Å². The first-order chi connectivity index (χ1) is 18.2. The third-order valence-electron chi connectivity index (χ3n) is 5.69. The van der Waals surface area contributed by atoms with Gasteiger partial charge in [-0.15, -0.1) is 5.69 Å². The van der Waals surface area contributed by atoms with Crippen LogP contribution in [0, 0.1) is 13.8 Å². The molecule has 204 valence electrons. The van der Waals surface area contributed by atoms with Crippen molar-refractivity contribution in [3.8, 4) is 0 Å². The summed E-state index contributed by atoms with van der Waals surface area (Å²) in [6.07, 6.45) is 1.48. The van der Waals surface area contributed by atoms with E-state index in [0.29, 0.717) is 71.8 Å². The Balaban J connectivity index is 0.00000420. The first kappa shape index (κ1) is 31.9. The van der Waals surface area contributed by atoms with Gasteiger partial charge in [0.05, 0.1) is 24.0 Å². The number of rotatable bonds is 10. The van der Waals surface area contributed by atoms with Crippen molar-refractivity contribution in [3.05, 3.63) is 57.1 Å². The van der Waals surface area contributed by atoms with Crippen LogP contribution in [0.25, 0.3) is 5.32 Å². The Morgan fingerprint density at radius 2 is 1.85 bits per heavy atom. The van der Waals surface area contributed by atoms with Gasteiger partial charge in [-0.1, -0.05) is 40.6 Å². The maximum absolute atomic E-state index is 13.1. The van der Waals surface area contributed by atoms with E-state index < -0.39 is 13.7 Å². The number of nitrogens with one attached hydrogen (secondary N) is 1. The van der Waals surface area contributed by atoms with Crippen molar-refractivity contribution in [2.45, 2.75) is 27.7 Å². The number of thiazole rings is 1. The predicted molar refractivity (Wildman–Crippen MR) is 150 cm³/mol. The molecule has 0 bridgehead atoms. The number of nitrogens with zero attached hydrogens (tertiary/aromatic N) is 6. The molecule has 3 heterocycles. The first-order valence-electron chi connectivity index (χ1n) is 12.2. The van der Waals surface area contributed by atoms with Gasteiger partial charge < -0.3 is 20.3 Å². The number of benzene rings is 1. The zero-order chi connectivity index (χ0) is 27.3. The molecule has 1 amide bonds. The number of hydrogen-bond donors (Lipinski definition) is 1. The van der Waals surface area contributed by atoms with E-state index in [1.54, 1.807) is 24.6 Å². The number of aryl methyl sites for hydroxylation is 2. The summed E-state index contributed by atoms with van der Waals surface area (Å²) in [5.41, 5.74) is 1.27. The minimum absolute atomic E-state index is 0. The van der Waals surface area contributed by atoms with Crippen molar-refractivity contribution in [2.75, 3.05) is 49.6 Å². The van der Waals surface area contributed by atoms with E-state index in [9.17, 15) is 9.36 Å². The van der Waals surface area contributed by atoms with E-state index in [1.165, 1.54) is 17.5 Å². The van der Waals surface area contributed by atoms with Gasteiger partial charge in [0.2, 0.25) is 0 Å². The molecule has 3 aromatic rings. The summed E-state index contributed by atoms with van der Waals surface area (Å²) in [5, 5.41) is 8.27. The summed E-state index contributed by atoms with van der Waals surface area (Å²) in [7, 11) is -3.30. The second-order valence-corrected chi connectivity index (χ2v) is 11.8. The van der Waals surface area contributed by atoms with Crippen molar-refractivity contribution in [3.63, 3.8) is 0 Å². The molecule has 1 saturated heterocycles. The number of carbonyl (C=O) groups excluding carboxylic acids is 1. The molecule has 1 N–H and O–H groups in total. The number of halogens is 1. The van der Waals surface area contributed by atoms with Crippen LogP contribution < -0.4 is 39.8 Å². The van der Waals surface area contributed by atoms with Gasteiger partial charge in [0.25, 0.3) is 0 Å². The van der Waals surface area contributed by atoms with Crippen molar-refractivity contribution in [1.82, 2.24) is 19.6 Å². The van der Waals surface area contributed by atoms with Gasteiger partial charge in [0, 0.05) is 43.5 Å². The van der Waals surface area contributed by atoms with Crippen LogP contribution in [-0.4, -0.2) is 64.9 Å². The van der Waals surface area contributed by atoms with Gasteiger partial charge >= 0.3 is 37.3 Å². The van der Waals surface area contributed by atoms with Gasteiger partial charge in [0.15, 0.2) is 5.13 Å². The molecular formula is C24H30ClN7NaO4PS. The molecule has 15 heteroatoms. The Morgan fingerprint density at radius 1 is 1.15 bits per heavy atom. The summed E-state index contributed by atoms with van der Waals surface area (Å²) >= 11 is 7.39. The monoisotopic (exact) mass is 601 g/mol. The maximum Gasteiger partial charge on any atom is 1.00 e. The maximum atomic E-state index is 13.1. The molecule has 2 aromatic heterocycles. The van der Waals surface area contributed by atoms with Crippen LogP contribution in [0.15, 0.2) is 30.5 Å². The smallest absolute Gasteiger partial charge is 0.621 e. The minimum Gasteiger partial charge on any atom is -0.621 e. The summed E-state index contributed by atoms with van der Waals surface area (Å²) in [6, 6.07) is 7.19. The van der Waals surface area contributed by atoms with E-state index >= 15 is 0 Å². The van der Waals surface area contributed by atoms with Crippen LogP contribution in [0.3, 0.4) is 0 Å². The third-order valence-corrected chi connectivity index (χ3v) is 9.16. The number of piperazine rings is 1. The Hall–Kier alpha value is -1.60. The average Bonchev–Trinajstić information content (AvgIpc) is 3.35. The van der Waals surface area contributed by atoms with Crippen molar-refractivity contribution < 1.29 is 48.0 Å². The van der Waals surface area contributed by atoms with Crippen LogP contribution in [0.5, 0.6) is 0 Å². The molecular weight excluding hydrogens is 572 g/mol. The second kappa shape index (κ2) is 14.3. The molecule has 0 saturated carbocycles. The van der Waals surface area contributed by atoms with Crippen molar-refractivity contribution >= 4 is 59.0 Å². The topological polar surface area (TPSA) is 124 Å². The quantitative estimate of drug-likeness (QED) is 0.274. The van der Waals surface area contributed by atoms with Crippen LogP contribution in [-0.2, 0) is 13.6 Å². The number of anilines is 3. The molecule has 1 aromatic carbocycles. The standard InChI is InChI=1S/C24H31ClN7O4PS.Na/c1-5-35-37(34,36-6-2)32-12-10-31(11-13-32)21-14-20(27-17(4)28-21)29-24-26-15-19(38-24)23(33)30-22-16(3)8-7-9-18(22)25;/h7-9,14-15H,5-6,10-13H2,1-4H3,(H2,26,27,28,29,30,33);/q;+1/p-1. The summed E-state index contributed by atoms with van der Waals surface area (Å²) in [5.74, 6) is 1.45. The Bertz CT molecular complexity index is 1310. The number of amides is 1. The fourth-order valence-electron chi connectivity index (χ4n) is 3.94. The summed E-state index contributed by atoms with van der Waals surface area (Å²) in [6.45, 7) is 10.1. The van der Waals surface area contributed by atoms with E-state index in [0.717, 1.165) is 11.4 Å². The Morgan fingerprint density at radius 3 is 2.49 bits per heavy atom. The van der Waals surface area contributed by atoms with E-state index in [-0.39, 0.29) is 29.6 Å². The Labute approximate surface area is 259 Å². The third kappa shape index (κ3) is 8.00. The normalized spacial score (nSPS) is 14.1. The summed E-state index contributed by atoms with van der Waals surface area (Å²) < 4.78 is 25.8. The predicted octanol–water partition coefficient (Wildman–Crippen LogP) is 3.10. The van der Waals surface area contributed by atoms with Gasteiger partial charge in [0.1, 0.15) is 17.5 Å². The van der Waals surface area contributed by atoms with Crippen LogP contribution >= 0.6 is 30.7 Å². The van der Waals surface area contributed by atoms with Crippen LogP contribution in [0.1, 0.15) is 34.9 Å². The van der Waals surface area contributed by atoms with Crippen LogP contribution in [0.2, 0.25) is 5.02 Å². The number of carbonyl (C=O) groups is 1.